The number of aliphatic carboxylic acids is 1. The second-order valence-corrected chi connectivity index (χ2v) is 5.77. The van der Waals surface area contributed by atoms with Gasteiger partial charge < -0.3 is 15.3 Å². The maximum atomic E-state index is 12.7. The highest BCUT2D eigenvalue weighted by Crippen LogP contribution is 2.48. The maximum Gasteiger partial charge on any atom is 0.307 e. The Labute approximate surface area is 124 Å². The lowest BCUT2D eigenvalue weighted by Gasteiger charge is -2.30. The van der Waals surface area contributed by atoms with Crippen LogP contribution in [0.25, 0.3) is 0 Å². The molecule has 2 amide bonds. The first-order valence-electron chi connectivity index (χ1n) is 7.40. The SMILES string of the molecule is CCCN(CC(=O)NC)C(=O)C1C2C=CC(C2)C1C(=O)O. The van der Waals surface area contributed by atoms with Crippen molar-refractivity contribution in [3.8, 4) is 0 Å². The van der Waals surface area contributed by atoms with Crippen molar-refractivity contribution in [2.45, 2.75) is 19.8 Å². The number of carbonyl (C=O) groups excluding carboxylic acids is 2. The summed E-state index contributed by atoms with van der Waals surface area (Å²) in [5.41, 5.74) is 0. The lowest BCUT2D eigenvalue weighted by atomic mass is 9.82. The Morgan fingerprint density at radius 2 is 1.86 bits per heavy atom. The summed E-state index contributed by atoms with van der Waals surface area (Å²) in [4.78, 5) is 37.3. The van der Waals surface area contributed by atoms with Gasteiger partial charge in [0.25, 0.3) is 0 Å². The molecule has 21 heavy (non-hydrogen) atoms. The van der Waals surface area contributed by atoms with Crippen molar-refractivity contribution in [1.29, 1.82) is 0 Å². The van der Waals surface area contributed by atoms with E-state index in [1.54, 1.807) is 0 Å². The number of nitrogens with one attached hydrogen (secondary N) is 1. The van der Waals surface area contributed by atoms with Gasteiger partial charge in [-0.25, -0.2) is 0 Å². The molecule has 0 aromatic carbocycles. The number of amides is 2. The van der Waals surface area contributed by atoms with E-state index in [0.29, 0.717) is 6.54 Å². The van der Waals surface area contributed by atoms with Crippen molar-refractivity contribution in [1.82, 2.24) is 10.2 Å². The minimum absolute atomic E-state index is 0.00681. The highest BCUT2D eigenvalue weighted by Gasteiger charge is 2.52. The smallest absolute Gasteiger partial charge is 0.307 e. The molecule has 116 valence electrons. The van der Waals surface area contributed by atoms with E-state index in [2.05, 4.69) is 5.32 Å². The van der Waals surface area contributed by atoms with Gasteiger partial charge in [-0.2, -0.15) is 0 Å². The number of allylic oxidation sites excluding steroid dienone is 2. The highest BCUT2D eigenvalue weighted by molar-refractivity contribution is 5.90. The standard InChI is InChI=1S/C15H22N2O4/c1-3-6-17(8-11(18)16-2)14(19)12-9-4-5-10(7-9)13(12)15(20)21/h4-5,9-10,12-13H,3,6-8H2,1-2H3,(H,16,18)(H,20,21). The fourth-order valence-electron chi connectivity index (χ4n) is 3.50. The zero-order valence-electron chi connectivity index (χ0n) is 12.4. The van der Waals surface area contributed by atoms with Crippen LogP contribution >= 0.6 is 0 Å². The number of hydrogen-bond donors (Lipinski definition) is 2. The first-order chi connectivity index (χ1) is 9.99. The highest BCUT2D eigenvalue weighted by atomic mass is 16.4. The summed E-state index contributed by atoms with van der Waals surface area (Å²) in [5, 5.41) is 11.9. The topological polar surface area (TPSA) is 86.7 Å². The van der Waals surface area contributed by atoms with Crippen LogP contribution in [0.4, 0.5) is 0 Å². The first kappa shape index (κ1) is 15.5. The van der Waals surface area contributed by atoms with Gasteiger partial charge in [-0.05, 0) is 24.7 Å². The van der Waals surface area contributed by atoms with Crippen LogP contribution in [0.5, 0.6) is 0 Å². The predicted molar refractivity (Wildman–Crippen MR) is 76.3 cm³/mol. The van der Waals surface area contributed by atoms with Crippen LogP contribution in [0.15, 0.2) is 12.2 Å². The fraction of sp³-hybridized carbons (Fsp3) is 0.667. The number of likely N-dealkylation sites (N-methyl/N-ethyl adjacent to an activating group) is 1. The van der Waals surface area contributed by atoms with E-state index in [1.807, 2.05) is 19.1 Å². The molecule has 6 nitrogen and oxygen atoms in total. The zero-order valence-corrected chi connectivity index (χ0v) is 12.4. The molecule has 4 unspecified atom stereocenters. The van der Waals surface area contributed by atoms with Gasteiger partial charge in [0.15, 0.2) is 0 Å². The number of rotatable bonds is 6. The summed E-state index contributed by atoms with van der Waals surface area (Å²) in [7, 11) is 1.53. The van der Waals surface area contributed by atoms with Crippen molar-refractivity contribution < 1.29 is 19.5 Å². The molecule has 2 bridgehead atoms. The number of hydrogen-bond acceptors (Lipinski definition) is 3. The van der Waals surface area contributed by atoms with Gasteiger partial charge in [-0.3, -0.25) is 14.4 Å². The molecule has 0 aliphatic heterocycles. The van der Waals surface area contributed by atoms with Gasteiger partial charge >= 0.3 is 5.97 Å². The minimum atomic E-state index is -0.915. The summed E-state index contributed by atoms with van der Waals surface area (Å²) in [6.45, 7) is 2.39. The number of carbonyl (C=O) groups is 3. The van der Waals surface area contributed by atoms with E-state index in [1.165, 1.54) is 11.9 Å². The molecule has 0 aromatic rings. The average Bonchev–Trinajstić information content (AvgIpc) is 3.06. The predicted octanol–water partition coefficient (Wildman–Crippen LogP) is 0.494. The second-order valence-electron chi connectivity index (χ2n) is 5.77. The molecule has 0 saturated heterocycles. The maximum absolute atomic E-state index is 12.7. The van der Waals surface area contributed by atoms with Crippen molar-refractivity contribution in [2.75, 3.05) is 20.1 Å². The quantitative estimate of drug-likeness (QED) is 0.698. The van der Waals surface area contributed by atoms with E-state index in [-0.39, 0.29) is 30.2 Å². The molecule has 0 radical (unpaired) electrons. The molecule has 2 aliphatic carbocycles. The summed E-state index contributed by atoms with van der Waals surface area (Å²) < 4.78 is 0. The monoisotopic (exact) mass is 294 g/mol. The normalized spacial score (nSPS) is 29.4. The van der Waals surface area contributed by atoms with Crippen LogP contribution in [0, 0.1) is 23.7 Å². The Hall–Kier alpha value is -1.85. The van der Waals surface area contributed by atoms with Gasteiger partial charge in [0, 0.05) is 13.6 Å². The Morgan fingerprint density at radius 3 is 2.38 bits per heavy atom. The van der Waals surface area contributed by atoms with Gasteiger partial charge in [-0.15, -0.1) is 0 Å². The lowest BCUT2D eigenvalue weighted by molar-refractivity contribution is -0.151. The Kier molecular flexibility index (Phi) is 4.65. The van der Waals surface area contributed by atoms with Crippen LogP contribution < -0.4 is 5.32 Å². The molecule has 0 aromatic heterocycles. The molecule has 2 N–H and O–H groups in total. The molecule has 2 rings (SSSR count). The summed E-state index contributed by atoms with van der Waals surface area (Å²) in [6.07, 6.45) is 5.33. The lowest BCUT2D eigenvalue weighted by Crippen LogP contribution is -2.46. The number of carboxylic acid groups (broad SMARTS) is 1. The van der Waals surface area contributed by atoms with Crippen LogP contribution in [0.2, 0.25) is 0 Å². The van der Waals surface area contributed by atoms with E-state index in [9.17, 15) is 19.5 Å². The largest absolute Gasteiger partial charge is 0.481 e. The molecule has 1 saturated carbocycles. The molecule has 6 heteroatoms. The number of nitrogens with zero attached hydrogens (tertiary/aromatic N) is 1. The molecule has 2 aliphatic rings. The van der Waals surface area contributed by atoms with E-state index in [4.69, 9.17) is 0 Å². The van der Waals surface area contributed by atoms with Crippen LogP contribution in [0.1, 0.15) is 19.8 Å². The zero-order chi connectivity index (χ0) is 15.6. The number of carboxylic acids is 1. The van der Waals surface area contributed by atoms with Crippen LogP contribution in [-0.2, 0) is 14.4 Å². The summed E-state index contributed by atoms with van der Waals surface area (Å²) >= 11 is 0. The van der Waals surface area contributed by atoms with Gasteiger partial charge in [0.2, 0.25) is 11.8 Å². The van der Waals surface area contributed by atoms with Crippen molar-refractivity contribution in [3.05, 3.63) is 12.2 Å². The van der Waals surface area contributed by atoms with Gasteiger partial charge in [-0.1, -0.05) is 19.1 Å². The first-order valence-corrected chi connectivity index (χ1v) is 7.40. The van der Waals surface area contributed by atoms with Crippen LogP contribution in [0.3, 0.4) is 0 Å². The average molecular weight is 294 g/mol. The Balaban J connectivity index is 2.17. The fourth-order valence-corrected chi connectivity index (χ4v) is 3.50. The molecule has 0 heterocycles. The number of fused-ring (bicyclic) bond motifs is 2. The van der Waals surface area contributed by atoms with Crippen LogP contribution in [-0.4, -0.2) is 47.9 Å². The Bertz CT molecular complexity index is 474. The van der Waals surface area contributed by atoms with E-state index >= 15 is 0 Å². The van der Waals surface area contributed by atoms with Gasteiger partial charge in [0.1, 0.15) is 0 Å². The summed E-state index contributed by atoms with van der Waals surface area (Å²) in [5.74, 6) is -2.60. The molecular formula is C15H22N2O4. The van der Waals surface area contributed by atoms with E-state index in [0.717, 1.165) is 12.8 Å². The molecule has 4 atom stereocenters. The molecular weight excluding hydrogens is 272 g/mol. The minimum Gasteiger partial charge on any atom is -0.481 e. The third-order valence-electron chi connectivity index (χ3n) is 4.45. The van der Waals surface area contributed by atoms with E-state index < -0.39 is 17.8 Å². The van der Waals surface area contributed by atoms with Crippen molar-refractivity contribution >= 4 is 17.8 Å². The summed E-state index contributed by atoms with van der Waals surface area (Å²) in [6, 6.07) is 0. The van der Waals surface area contributed by atoms with Gasteiger partial charge in [0.05, 0.1) is 18.4 Å². The Morgan fingerprint density at radius 1 is 1.24 bits per heavy atom. The molecule has 1 fully saturated rings. The molecule has 0 spiro atoms. The third kappa shape index (κ3) is 2.94. The third-order valence-corrected chi connectivity index (χ3v) is 4.45. The van der Waals surface area contributed by atoms with Crippen molar-refractivity contribution in [2.24, 2.45) is 23.7 Å². The second kappa shape index (κ2) is 6.28. The van der Waals surface area contributed by atoms with Crippen molar-refractivity contribution in [3.63, 3.8) is 0 Å².